The van der Waals surface area contributed by atoms with Crippen molar-refractivity contribution in [3.05, 3.63) is 0 Å². The van der Waals surface area contributed by atoms with E-state index in [9.17, 15) is 0 Å². The van der Waals surface area contributed by atoms with Gasteiger partial charge in [-0.05, 0) is 69.6 Å². The van der Waals surface area contributed by atoms with Crippen LogP contribution >= 0.6 is 0 Å². The van der Waals surface area contributed by atoms with Crippen molar-refractivity contribution in [2.24, 2.45) is 17.8 Å². The molecule has 2 saturated carbocycles. The zero-order chi connectivity index (χ0) is 17.3. The second-order valence-corrected chi connectivity index (χ2v) is 8.83. The first-order chi connectivity index (χ1) is 11.7. The van der Waals surface area contributed by atoms with Crippen molar-refractivity contribution < 1.29 is 4.74 Å². The van der Waals surface area contributed by atoms with E-state index in [1.54, 1.807) is 0 Å². The van der Waals surface area contributed by atoms with Crippen LogP contribution in [0.1, 0.15) is 117 Å². The van der Waals surface area contributed by atoms with E-state index in [2.05, 4.69) is 20.8 Å². The molecule has 0 spiro atoms. The Kier molecular flexibility index (Phi) is 9.16. The lowest BCUT2D eigenvalue weighted by molar-refractivity contribution is -0.0853. The van der Waals surface area contributed by atoms with Crippen LogP contribution in [0.2, 0.25) is 0 Å². The lowest BCUT2D eigenvalue weighted by atomic mass is 9.67. The van der Waals surface area contributed by atoms with E-state index >= 15 is 0 Å². The average Bonchev–Trinajstić information content (AvgIpc) is 2.62. The summed E-state index contributed by atoms with van der Waals surface area (Å²) in [7, 11) is 0. The Hall–Kier alpha value is -0.0400. The smallest absolute Gasteiger partial charge is 0.0682 e. The average molecular weight is 337 g/mol. The van der Waals surface area contributed by atoms with Crippen LogP contribution in [0, 0.1) is 17.8 Å². The molecule has 0 amide bonds. The highest BCUT2D eigenvalue weighted by molar-refractivity contribution is 4.90. The van der Waals surface area contributed by atoms with Gasteiger partial charge in [0.1, 0.15) is 0 Å². The molecule has 0 aromatic carbocycles. The van der Waals surface area contributed by atoms with Crippen LogP contribution in [0.3, 0.4) is 0 Å². The third kappa shape index (κ3) is 6.04. The highest BCUT2D eigenvalue weighted by Crippen LogP contribution is 2.45. The molecule has 2 aliphatic carbocycles. The Balaban J connectivity index is 1.72. The highest BCUT2D eigenvalue weighted by atomic mass is 16.5. The highest BCUT2D eigenvalue weighted by Gasteiger charge is 2.38. The SMILES string of the molecule is CCCCCC1CCC([C@H]2CC[C@@](CCCC)(OCC)CC2)CC1. The summed E-state index contributed by atoms with van der Waals surface area (Å²) in [4.78, 5) is 0. The van der Waals surface area contributed by atoms with Crippen LogP contribution in [-0.4, -0.2) is 12.2 Å². The maximum Gasteiger partial charge on any atom is 0.0682 e. The van der Waals surface area contributed by atoms with Gasteiger partial charge in [0.2, 0.25) is 0 Å². The minimum atomic E-state index is 0.249. The summed E-state index contributed by atoms with van der Waals surface area (Å²) >= 11 is 0. The van der Waals surface area contributed by atoms with Crippen LogP contribution in [-0.2, 0) is 4.74 Å². The second kappa shape index (κ2) is 10.8. The summed E-state index contributed by atoms with van der Waals surface area (Å²) in [6.45, 7) is 7.71. The van der Waals surface area contributed by atoms with Crippen LogP contribution in [0.4, 0.5) is 0 Å². The molecule has 1 nitrogen and oxygen atoms in total. The summed E-state index contributed by atoms with van der Waals surface area (Å²) in [6.07, 6.45) is 21.4. The first-order valence-electron chi connectivity index (χ1n) is 11.4. The van der Waals surface area contributed by atoms with Gasteiger partial charge in [0.15, 0.2) is 0 Å². The largest absolute Gasteiger partial charge is 0.375 e. The van der Waals surface area contributed by atoms with Gasteiger partial charge in [-0.2, -0.15) is 0 Å². The summed E-state index contributed by atoms with van der Waals surface area (Å²) < 4.78 is 6.28. The predicted octanol–water partition coefficient (Wildman–Crippen LogP) is 7.53. The fourth-order valence-corrected chi connectivity index (χ4v) is 5.54. The van der Waals surface area contributed by atoms with Gasteiger partial charge in [-0.25, -0.2) is 0 Å². The van der Waals surface area contributed by atoms with E-state index in [4.69, 9.17) is 4.74 Å². The minimum Gasteiger partial charge on any atom is -0.375 e. The van der Waals surface area contributed by atoms with Gasteiger partial charge in [0, 0.05) is 6.61 Å². The molecule has 0 saturated heterocycles. The molecule has 0 radical (unpaired) electrons. The van der Waals surface area contributed by atoms with E-state index in [1.807, 2.05) is 0 Å². The molecule has 0 aromatic heterocycles. The monoisotopic (exact) mass is 336 g/mol. The molecule has 2 aliphatic rings. The van der Waals surface area contributed by atoms with Crippen molar-refractivity contribution >= 4 is 0 Å². The number of ether oxygens (including phenoxy) is 1. The van der Waals surface area contributed by atoms with E-state index in [1.165, 1.54) is 96.3 Å². The number of rotatable bonds is 10. The summed E-state index contributed by atoms with van der Waals surface area (Å²) in [5.74, 6) is 3.11. The van der Waals surface area contributed by atoms with Gasteiger partial charge in [-0.3, -0.25) is 0 Å². The fourth-order valence-electron chi connectivity index (χ4n) is 5.54. The van der Waals surface area contributed by atoms with Crippen molar-refractivity contribution in [1.82, 2.24) is 0 Å². The van der Waals surface area contributed by atoms with Gasteiger partial charge < -0.3 is 4.74 Å². The topological polar surface area (TPSA) is 9.23 Å². The van der Waals surface area contributed by atoms with Crippen molar-refractivity contribution in [3.63, 3.8) is 0 Å². The predicted molar refractivity (Wildman–Crippen MR) is 105 cm³/mol. The van der Waals surface area contributed by atoms with Crippen LogP contribution in [0.25, 0.3) is 0 Å². The maximum atomic E-state index is 6.28. The zero-order valence-corrected chi connectivity index (χ0v) is 17.0. The fraction of sp³-hybridized carbons (Fsp3) is 1.00. The van der Waals surface area contributed by atoms with Crippen LogP contribution in [0.5, 0.6) is 0 Å². The Morgan fingerprint density at radius 3 is 1.96 bits per heavy atom. The third-order valence-corrected chi connectivity index (χ3v) is 7.15. The van der Waals surface area contributed by atoms with E-state index in [0.717, 1.165) is 24.4 Å². The van der Waals surface area contributed by atoms with E-state index in [-0.39, 0.29) is 5.60 Å². The van der Waals surface area contributed by atoms with Crippen LogP contribution < -0.4 is 0 Å². The number of hydrogen-bond donors (Lipinski definition) is 0. The molecule has 1 heteroatoms. The molecule has 142 valence electrons. The van der Waals surface area contributed by atoms with Crippen molar-refractivity contribution in [1.29, 1.82) is 0 Å². The quantitative estimate of drug-likeness (QED) is 0.375. The van der Waals surface area contributed by atoms with E-state index < -0.39 is 0 Å². The number of unbranched alkanes of at least 4 members (excludes halogenated alkanes) is 3. The Morgan fingerprint density at radius 2 is 1.38 bits per heavy atom. The lowest BCUT2D eigenvalue weighted by Gasteiger charge is -2.43. The van der Waals surface area contributed by atoms with Crippen LogP contribution in [0.15, 0.2) is 0 Å². The van der Waals surface area contributed by atoms with Crippen molar-refractivity contribution in [3.8, 4) is 0 Å². The molecule has 0 heterocycles. The molecular weight excluding hydrogens is 292 g/mol. The van der Waals surface area contributed by atoms with Gasteiger partial charge in [-0.15, -0.1) is 0 Å². The molecule has 0 aliphatic heterocycles. The maximum absolute atomic E-state index is 6.28. The summed E-state index contributed by atoms with van der Waals surface area (Å²) in [6, 6.07) is 0. The minimum absolute atomic E-state index is 0.249. The van der Waals surface area contributed by atoms with Gasteiger partial charge >= 0.3 is 0 Å². The van der Waals surface area contributed by atoms with Crippen molar-refractivity contribution in [2.75, 3.05) is 6.61 Å². The second-order valence-electron chi connectivity index (χ2n) is 8.83. The first-order valence-corrected chi connectivity index (χ1v) is 11.4. The molecule has 2 fully saturated rings. The molecule has 2 rings (SSSR count). The lowest BCUT2D eigenvalue weighted by Crippen LogP contribution is -2.39. The molecule has 0 unspecified atom stereocenters. The van der Waals surface area contributed by atoms with Gasteiger partial charge in [0.05, 0.1) is 5.60 Å². The molecule has 0 atom stereocenters. The first kappa shape index (κ1) is 20.3. The summed E-state index contributed by atoms with van der Waals surface area (Å²) in [5.41, 5.74) is 0.249. The zero-order valence-electron chi connectivity index (χ0n) is 17.0. The Labute approximate surface area is 152 Å². The Bertz CT molecular complexity index is 308. The third-order valence-electron chi connectivity index (χ3n) is 7.15. The Morgan fingerprint density at radius 1 is 0.750 bits per heavy atom. The van der Waals surface area contributed by atoms with Crippen molar-refractivity contribution in [2.45, 2.75) is 123 Å². The van der Waals surface area contributed by atoms with Gasteiger partial charge in [0.25, 0.3) is 0 Å². The normalized spacial score (nSPS) is 34.4. The summed E-state index contributed by atoms with van der Waals surface area (Å²) in [5, 5.41) is 0. The van der Waals surface area contributed by atoms with E-state index in [0.29, 0.717) is 0 Å². The van der Waals surface area contributed by atoms with Gasteiger partial charge in [-0.1, -0.05) is 65.2 Å². The molecule has 24 heavy (non-hydrogen) atoms. The number of hydrogen-bond acceptors (Lipinski definition) is 1. The molecule has 0 aromatic rings. The molecule has 0 N–H and O–H groups in total. The standard InChI is InChI=1S/C23H44O/c1-4-7-9-10-20-11-13-21(14-12-20)22-15-18-23(19-16-22,24-6-3)17-8-5-2/h20-22H,4-19H2,1-3H3/t20?,21?,22-,23+. The molecular formula is C23H44O. The molecule has 0 bridgehead atoms.